The fourth-order valence-electron chi connectivity index (χ4n) is 2.21. The quantitative estimate of drug-likeness (QED) is 0.822. The number of nitrogens with two attached hydrogens (primary N) is 1. The van der Waals surface area contributed by atoms with E-state index >= 15 is 0 Å². The molecular weight excluding hydrogens is 268 g/mol. The van der Waals surface area contributed by atoms with Crippen molar-refractivity contribution in [2.24, 2.45) is 11.7 Å². The van der Waals surface area contributed by atoms with Crippen LogP contribution in [0.3, 0.4) is 0 Å². The van der Waals surface area contributed by atoms with Gasteiger partial charge in [0, 0.05) is 24.0 Å². The molecule has 112 valence electrons. The lowest BCUT2D eigenvalue weighted by Crippen LogP contribution is -2.28. The van der Waals surface area contributed by atoms with Crippen LogP contribution in [0.4, 0.5) is 0 Å². The number of benzene rings is 1. The van der Waals surface area contributed by atoms with Crippen molar-refractivity contribution in [1.82, 2.24) is 4.98 Å². The highest BCUT2D eigenvalue weighted by Gasteiger charge is 2.19. The molecular formula is C16H20N2O3. The standard InChI is InChI=1S/C16H20N2O3/c1-3-21-16(19)12(10-17)9-13-8-7-11-5-4-6-14(20-2)15(11)18-13/h4-8,12H,3,9-10,17H2,1-2H3. The van der Waals surface area contributed by atoms with Gasteiger partial charge in [0.2, 0.25) is 0 Å². The first-order valence-corrected chi connectivity index (χ1v) is 6.99. The Morgan fingerprint density at radius 2 is 2.14 bits per heavy atom. The minimum absolute atomic E-state index is 0.241. The SMILES string of the molecule is CCOC(=O)C(CN)Cc1ccc2cccc(OC)c2n1. The molecule has 0 spiro atoms. The zero-order valence-corrected chi connectivity index (χ0v) is 12.3. The topological polar surface area (TPSA) is 74.4 Å². The first kappa shape index (κ1) is 15.3. The highest BCUT2D eigenvalue weighted by Crippen LogP contribution is 2.24. The summed E-state index contributed by atoms with van der Waals surface area (Å²) in [7, 11) is 1.62. The van der Waals surface area contributed by atoms with Gasteiger partial charge in [-0.05, 0) is 19.1 Å². The lowest BCUT2D eigenvalue weighted by molar-refractivity contribution is -0.147. The van der Waals surface area contributed by atoms with Crippen molar-refractivity contribution in [2.75, 3.05) is 20.3 Å². The molecule has 5 nitrogen and oxygen atoms in total. The fraction of sp³-hybridized carbons (Fsp3) is 0.375. The second-order valence-electron chi connectivity index (χ2n) is 4.72. The number of fused-ring (bicyclic) bond motifs is 1. The molecule has 0 aliphatic heterocycles. The Bertz CT molecular complexity index is 628. The molecule has 0 aliphatic rings. The average molecular weight is 288 g/mol. The lowest BCUT2D eigenvalue weighted by Gasteiger charge is -2.13. The number of carbonyl (C=O) groups excluding carboxylic acids is 1. The van der Waals surface area contributed by atoms with Crippen molar-refractivity contribution < 1.29 is 14.3 Å². The molecule has 1 aromatic carbocycles. The Morgan fingerprint density at radius 3 is 2.81 bits per heavy atom. The molecule has 0 saturated carbocycles. The molecule has 2 aromatic rings. The van der Waals surface area contributed by atoms with Gasteiger partial charge >= 0.3 is 5.97 Å². The first-order chi connectivity index (χ1) is 10.2. The Hall–Kier alpha value is -2.14. The van der Waals surface area contributed by atoms with Gasteiger partial charge in [-0.15, -0.1) is 0 Å². The molecule has 0 aliphatic carbocycles. The van der Waals surface area contributed by atoms with E-state index in [0.717, 1.165) is 22.3 Å². The van der Waals surface area contributed by atoms with Crippen molar-refractivity contribution in [3.05, 3.63) is 36.0 Å². The average Bonchev–Trinajstić information content (AvgIpc) is 2.52. The number of esters is 1. The van der Waals surface area contributed by atoms with Crippen molar-refractivity contribution in [1.29, 1.82) is 0 Å². The van der Waals surface area contributed by atoms with Crippen molar-refractivity contribution in [2.45, 2.75) is 13.3 Å². The van der Waals surface area contributed by atoms with Gasteiger partial charge in [-0.2, -0.15) is 0 Å². The number of pyridine rings is 1. The zero-order valence-electron chi connectivity index (χ0n) is 12.3. The number of methoxy groups -OCH3 is 1. The summed E-state index contributed by atoms with van der Waals surface area (Å²) < 4.78 is 10.3. The Morgan fingerprint density at radius 1 is 1.33 bits per heavy atom. The molecule has 1 aromatic heterocycles. The maximum absolute atomic E-state index is 11.8. The minimum Gasteiger partial charge on any atom is -0.494 e. The normalized spacial score (nSPS) is 12.1. The van der Waals surface area contributed by atoms with Crippen LogP contribution in [0.25, 0.3) is 10.9 Å². The minimum atomic E-state index is -0.371. The molecule has 2 N–H and O–H groups in total. The Labute approximate surface area is 124 Å². The van der Waals surface area contributed by atoms with Gasteiger partial charge in [0.15, 0.2) is 0 Å². The second kappa shape index (κ2) is 7.04. The molecule has 0 radical (unpaired) electrons. The molecule has 21 heavy (non-hydrogen) atoms. The number of nitrogens with zero attached hydrogens (tertiary/aromatic N) is 1. The van der Waals surface area contributed by atoms with Crippen LogP contribution in [0.5, 0.6) is 5.75 Å². The number of hydrogen-bond donors (Lipinski definition) is 1. The number of ether oxygens (including phenoxy) is 2. The van der Waals surface area contributed by atoms with Crippen LogP contribution in [0.2, 0.25) is 0 Å². The van der Waals surface area contributed by atoms with E-state index in [0.29, 0.717) is 13.0 Å². The third kappa shape index (κ3) is 3.49. The van der Waals surface area contributed by atoms with Gasteiger partial charge in [-0.25, -0.2) is 4.98 Å². The smallest absolute Gasteiger partial charge is 0.310 e. The maximum atomic E-state index is 11.8. The van der Waals surface area contributed by atoms with E-state index in [-0.39, 0.29) is 18.4 Å². The highest BCUT2D eigenvalue weighted by atomic mass is 16.5. The van der Waals surface area contributed by atoms with Crippen LogP contribution in [0.15, 0.2) is 30.3 Å². The van der Waals surface area contributed by atoms with Crippen LogP contribution >= 0.6 is 0 Å². The van der Waals surface area contributed by atoms with Crippen molar-refractivity contribution in [3.63, 3.8) is 0 Å². The van der Waals surface area contributed by atoms with E-state index in [1.807, 2.05) is 30.3 Å². The lowest BCUT2D eigenvalue weighted by atomic mass is 10.0. The summed E-state index contributed by atoms with van der Waals surface area (Å²) in [5, 5.41) is 0.999. The van der Waals surface area contributed by atoms with Crippen molar-refractivity contribution in [3.8, 4) is 5.75 Å². The molecule has 0 amide bonds. The van der Waals surface area contributed by atoms with Gasteiger partial charge in [0.1, 0.15) is 11.3 Å². The summed E-state index contributed by atoms with van der Waals surface area (Å²) in [5.41, 5.74) is 7.26. The molecule has 1 unspecified atom stereocenters. The monoisotopic (exact) mass is 288 g/mol. The summed E-state index contributed by atoms with van der Waals surface area (Å²) in [5.74, 6) is 0.0707. The van der Waals surface area contributed by atoms with Gasteiger partial charge in [-0.1, -0.05) is 18.2 Å². The van der Waals surface area contributed by atoms with Crippen LogP contribution in [0, 0.1) is 5.92 Å². The number of aromatic nitrogens is 1. The molecule has 0 saturated heterocycles. The summed E-state index contributed by atoms with van der Waals surface area (Å²) in [4.78, 5) is 16.4. The van der Waals surface area contributed by atoms with E-state index in [1.165, 1.54) is 0 Å². The largest absolute Gasteiger partial charge is 0.494 e. The van der Waals surface area contributed by atoms with E-state index in [1.54, 1.807) is 14.0 Å². The van der Waals surface area contributed by atoms with E-state index in [2.05, 4.69) is 4.98 Å². The Kier molecular flexibility index (Phi) is 5.11. The van der Waals surface area contributed by atoms with Gasteiger partial charge < -0.3 is 15.2 Å². The highest BCUT2D eigenvalue weighted by molar-refractivity contribution is 5.84. The van der Waals surface area contributed by atoms with Gasteiger partial charge in [-0.3, -0.25) is 4.79 Å². The maximum Gasteiger partial charge on any atom is 0.310 e. The van der Waals surface area contributed by atoms with Crippen molar-refractivity contribution >= 4 is 16.9 Å². The number of para-hydroxylation sites is 1. The molecule has 1 atom stereocenters. The number of rotatable bonds is 6. The third-order valence-corrected chi connectivity index (χ3v) is 3.32. The summed E-state index contributed by atoms with van der Waals surface area (Å²) in [6.45, 7) is 2.38. The van der Waals surface area contributed by atoms with Crippen LogP contribution in [-0.4, -0.2) is 31.2 Å². The van der Waals surface area contributed by atoms with E-state index < -0.39 is 0 Å². The predicted octanol–water partition coefficient (Wildman–Crippen LogP) is 1.92. The number of hydrogen-bond acceptors (Lipinski definition) is 5. The fourth-order valence-corrected chi connectivity index (χ4v) is 2.21. The molecule has 1 heterocycles. The first-order valence-electron chi connectivity index (χ1n) is 6.99. The van der Waals surface area contributed by atoms with Crippen LogP contribution < -0.4 is 10.5 Å². The second-order valence-corrected chi connectivity index (χ2v) is 4.72. The summed E-state index contributed by atoms with van der Waals surface area (Å²) >= 11 is 0. The predicted molar refractivity (Wildman–Crippen MR) is 81.2 cm³/mol. The van der Waals surface area contributed by atoms with Gasteiger partial charge in [0.25, 0.3) is 0 Å². The summed E-state index contributed by atoms with van der Waals surface area (Å²) in [6.07, 6.45) is 0.462. The van der Waals surface area contributed by atoms with E-state index in [4.69, 9.17) is 15.2 Å². The molecule has 5 heteroatoms. The van der Waals surface area contributed by atoms with E-state index in [9.17, 15) is 4.79 Å². The molecule has 2 rings (SSSR count). The number of carbonyl (C=O) groups is 1. The zero-order chi connectivity index (χ0) is 15.2. The van der Waals surface area contributed by atoms with Crippen LogP contribution in [0.1, 0.15) is 12.6 Å². The third-order valence-electron chi connectivity index (χ3n) is 3.32. The molecule has 0 bridgehead atoms. The molecule has 0 fully saturated rings. The Balaban J connectivity index is 2.27. The van der Waals surface area contributed by atoms with Crippen LogP contribution in [-0.2, 0) is 16.0 Å². The summed E-state index contributed by atoms with van der Waals surface area (Å²) in [6, 6.07) is 9.64. The van der Waals surface area contributed by atoms with Gasteiger partial charge in [0.05, 0.1) is 19.6 Å².